The number of hydrogen-bond donors (Lipinski definition) is 1. The van der Waals surface area contributed by atoms with Crippen LogP contribution in [0.15, 0.2) is 18.5 Å². The van der Waals surface area contributed by atoms with Crippen LogP contribution in [0.5, 0.6) is 0 Å². The lowest BCUT2D eigenvalue weighted by atomic mass is 10.1. The third-order valence-electron chi connectivity index (χ3n) is 3.02. The first-order valence-electron chi connectivity index (χ1n) is 6.00. The van der Waals surface area contributed by atoms with Crippen molar-refractivity contribution >= 4 is 22.8 Å². The molecule has 7 heteroatoms. The van der Waals surface area contributed by atoms with E-state index in [4.69, 9.17) is 0 Å². The van der Waals surface area contributed by atoms with Crippen LogP contribution in [0, 0.1) is 13.8 Å². The van der Waals surface area contributed by atoms with Gasteiger partial charge in [0.05, 0.1) is 18.4 Å². The first-order valence-corrected chi connectivity index (χ1v) is 6.82. The Morgan fingerprint density at radius 3 is 2.89 bits per heavy atom. The number of nitrogens with one attached hydrogen (secondary N) is 1. The SMILES string of the molecule is Cc1cc(C(C)Nc2cncc3nnnn23)c(C)s1. The maximum Gasteiger partial charge on any atom is 0.199 e. The zero-order valence-corrected chi connectivity index (χ0v) is 11.8. The highest BCUT2D eigenvalue weighted by molar-refractivity contribution is 7.12. The monoisotopic (exact) mass is 274 g/mol. The zero-order valence-electron chi connectivity index (χ0n) is 11.0. The van der Waals surface area contributed by atoms with Gasteiger partial charge in [0.2, 0.25) is 0 Å². The fourth-order valence-corrected chi connectivity index (χ4v) is 3.18. The highest BCUT2D eigenvalue weighted by atomic mass is 32.1. The summed E-state index contributed by atoms with van der Waals surface area (Å²) in [5.41, 5.74) is 1.93. The van der Waals surface area contributed by atoms with Gasteiger partial charge in [-0.2, -0.15) is 4.52 Å². The summed E-state index contributed by atoms with van der Waals surface area (Å²) in [7, 11) is 0. The summed E-state index contributed by atoms with van der Waals surface area (Å²) in [5.74, 6) is 0.790. The van der Waals surface area contributed by atoms with Crippen LogP contribution >= 0.6 is 11.3 Å². The number of fused-ring (bicyclic) bond motifs is 1. The Morgan fingerprint density at radius 2 is 2.16 bits per heavy atom. The van der Waals surface area contributed by atoms with Crippen molar-refractivity contribution in [1.29, 1.82) is 0 Å². The Kier molecular flexibility index (Phi) is 2.90. The van der Waals surface area contributed by atoms with Crippen LogP contribution in [0.4, 0.5) is 5.82 Å². The zero-order chi connectivity index (χ0) is 13.4. The lowest BCUT2D eigenvalue weighted by molar-refractivity contribution is 0.795. The van der Waals surface area contributed by atoms with E-state index in [1.165, 1.54) is 15.3 Å². The average Bonchev–Trinajstić information content (AvgIpc) is 2.96. The van der Waals surface area contributed by atoms with Crippen molar-refractivity contribution in [3.63, 3.8) is 0 Å². The van der Waals surface area contributed by atoms with Crippen LogP contribution in [-0.2, 0) is 0 Å². The molecule has 1 unspecified atom stereocenters. The van der Waals surface area contributed by atoms with Crippen LogP contribution in [-0.4, -0.2) is 25.0 Å². The number of hydrogen-bond acceptors (Lipinski definition) is 6. The average molecular weight is 274 g/mol. The van der Waals surface area contributed by atoms with Gasteiger partial charge in [-0.3, -0.25) is 4.98 Å². The summed E-state index contributed by atoms with van der Waals surface area (Å²) < 4.78 is 1.65. The maximum atomic E-state index is 4.14. The van der Waals surface area contributed by atoms with Gasteiger partial charge in [-0.15, -0.1) is 16.4 Å². The van der Waals surface area contributed by atoms with Gasteiger partial charge in [0, 0.05) is 9.75 Å². The molecule has 3 aromatic rings. The number of aryl methyl sites for hydroxylation is 2. The molecule has 0 bridgehead atoms. The molecular formula is C12H14N6S. The van der Waals surface area contributed by atoms with E-state index in [0.29, 0.717) is 5.65 Å². The molecule has 0 aliphatic carbocycles. The predicted octanol–water partition coefficient (Wildman–Crippen LogP) is 2.37. The van der Waals surface area contributed by atoms with Crippen molar-refractivity contribution in [1.82, 2.24) is 25.0 Å². The minimum atomic E-state index is 0.182. The van der Waals surface area contributed by atoms with Crippen molar-refractivity contribution in [3.8, 4) is 0 Å². The molecule has 1 N–H and O–H groups in total. The number of aromatic nitrogens is 5. The van der Waals surface area contributed by atoms with Gasteiger partial charge in [-0.1, -0.05) is 0 Å². The molecular weight excluding hydrogens is 260 g/mol. The molecule has 3 aromatic heterocycles. The van der Waals surface area contributed by atoms with Crippen LogP contribution in [0.25, 0.3) is 5.65 Å². The lowest BCUT2D eigenvalue weighted by Gasteiger charge is -2.15. The van der Waals surface area contributed by atoms with E-state index < -0.39 is 0 Å². The second-order valence-corrected chi connectivity index (χ2v) is 5.94. The van der Waals surface area contributed by atoms with E-state index in [1.807, 2.05) is 11.3 Å². The standard InChI is InChI=1S/C12H14N6S/c1-7-4-10(9(3)19-7)8(2)14-11-5-13-6-12-15-16-17-18(11)12/h4-6,8,14H,1-3H3. The van der Waals surface area contributed by atoms with Gasteiger partial charge in [-0.25, -0.2) is 0 Å². The Balaban J connectivity index is 1.92. The molecule has 0 amide bonds. The van der Waals surface area contributed by atoms with Crippen LogP contribution in [0.2, 0.25) is 0 Å². The number of nitrogens with zero attached hydrogens (tertiary/aromatic N) is 5. The Bertz CT molecular complexity index is 716. The van der Waals surface area contributed by atoms with E-state index in [0.717, 1.165) is 5.82 Å². The van der Waals surface area contributed by atoms with E-state index in [-0.39, 0.29) is 6.04 Å². The lowest BCUT2D eigenvalue weighted by Crippen LogP contribution is -2.11. The van der Waals surface area contributed by atoms with Gasteiger partial charge >= 0.3 is 0 Å². The first-order chi connectivity index (χ1) is 9.15. The summed E-state index contributed by atoms with van der Waals surface area (Å²) in [6.07, 6.45) is 3.37. The number of anilines is 1. The van der Waals surface area contributed by atoms with Gasteiger partial charge in [0.25, 0.3) is 0 Å². The number of thiophene rings is 1. The van der Waals surface area contributed by atoms with E-state index in [2.05, 4.69) is 52.7 Å². The van der Waals surface area contributed by atoms with Gasteiger partial charge in [-0.05, 0) is 42.8 Å². The molecule has 0 aromatic carbocycles. The van der Waals surface area contributed by atoms with Crippen molar-refractivity contribution in [3.05, 3.63) is 33.8 Å². The molecule has 0 saturated carbocycles. The van der Waals surface area contributed by atoms with Gasteiger partial charge < -0.3 is 5.32 Å². The quantitative estimate of drug-likeness (QED) is 0.794. The van der Waals surface area contributed by atoms with Gasteiger partial charge in [0.1, 0.15) is 0 Å². The molecule has 0 spiro atoms. The minimum absolute atomic E-state index is 0.182. The Morgan fingerprint density at radius 1 is 1.32 bits per heavy atom. The fraction of sp³-hybridized carbons (Fsp3) is 0.333. The molecule has 0 aliphatic heterocycles. The number of tetrazole rings is 1. The van der Waals surface area contributed by atoms with E-state index >= 15 is 0 Å². The minimum Gasteiger partial charge on any atom is -0.362 e. The Labute approximate surface area is 114 Å². The smallest absolute Gasteiger partial charge is 0.199 e. The molecule has 0 aliphatic rings. The van der Waals surface area contributed by atoms with Crippen LogP contribution in [0.3, 0.4) is 0 Å². The van der Waals surface area contributed by atoms with E-state index in [9.17, 15) is 0 Å². The second kappa shape index (κ2) is 4.58. The van der Waals surface area contributed by atoms with Gasteiger partial charge in [0.15, 0.2) is 11.5 Å². The summed E-state index contributed by atoms with van der Waals surface area (Å²) in [6, 6.07) is 2.40. The summed E-state index contributed by atoms with van der Waals surface area (Å²) >= 11 is 1.81. The van der Waals surface area contributed by atoms with Crippen LogP contribution in [0.1, 0.15) is 28.3 Å². The van der Waals surface area contributed by atoms with Crippen LogP contribution < -0.4 is 5.32 Å². The largest absolute Gasteiger partial charge is 0.362 e. The van der Waals surface area contributed by atoms with Crippen molar-refractivity contribution in [2.75, 3.05) is 5.32 Å². The molecule has 0 fully saturated rings. The maximum absolute atomic E-state index is 4.14. The molecule has 1 atom stereocenters. The topological polar surface area (TPSA) is 68.0 Å². The highest BCUT2D eigenvalue weighted by Gasteiger charge is 2.13. The molecule has 3 rings (SSSR count). The van der Waals surface area contributed by atoms with Crippen molar-refractivity contribution < 1.29 is 0 Å². The molecule has 6 nitrogen and oxygen atoms in total. The number of rotatable bonds is 3. The third-order valence-corrected chi connectivity index (χ3v) is 4.00. The molecule has 98 valence electrons. The normalized spacial score (nSPS) is 12.8. The predicted molar refractivity (Wildman–Crippen MR) is 74.4 cm³/mol. The summed E-state index contributed by atoms with van der Waals surface area (Å²) in [5, 5.41) is 14.9. The molecule has 0 radical (unpaired) electrons. The highest BCUT2D eigenvalue weighted by Crippen LogP contribution is 2.28. The summed E-state index contributed by atoms with van der Waals surface area (Å²) in [4.78, 5) is 6.78. The Hall–Kier alpha value is -2.02. The molecule has 3 heterocycles. The second-order valence-electron chi connectivity index (χ2n) is 4.48. The van der Waals surface area contributed by atoms with E-state index in [1.54, 1.807) is 16.9 Å². The van der Waals surface area contributed by atoms with Crippen molar-refractivity contribution in [2.45, 2.75) is 26.8 Å². The fourth-order valence-electron chi connectivity index (χ4n) is 2.15. The molecule has 0 saturated heterocycles. The summed E-state index contributed by atoms with van der Waals surface area (Å²) in [6.45, 7) is 6.39. The molecule has 19 heavy (non-hydrogen) atoms. The van der Waals surface area contributed by atoms with Crippen molar-refractivity contribution in [2.24, 2.45) is 0 Å². The third kappa shape index (κ3) is 2.17. The first kappa shape index (κ1) is 12.0.